The van der Waals surface area contributed by atoms with E-state index in [0.29, 0.717) is 30.8 Å². The van der Waals surface area contributed by atoms with E-state index in [1.165, 1.54) is 36.3 Å². The Balaban J connectivity index is 1.73. The summed E-state index contributed by atoms with van der Waals surface area (Å²) in [6.45, 7) is 5.51. The Bertz CT molecular complexity index is 1160. The number of carbonyl (C=O) groups excluding carboxylic acids is 2. The maximum absolute atomic E-state index is 14.2. The highest BCUT2D eigenvalue weighted by atomic mass is 19.1. The molecule has 0 aromatic heterocycles. The lowest BCUT2D eigenvalue weighted by atomic mass is 9.94. The van der Waals surface area contributed by atoms with Crippen LogP contribution in [-0.4, -0.2) is 78.2 Å². The van der Waals surface area contributed by atoms with Gasteiger partial charge < -0.3 is 24.6 Å². The molecule has 2 aliphatic rings. The summed E-state index contributed by atoms with van der Waals surface area (Å²) in [5.41, 5.74) is 0.858. The van der Waals surface area contributed by atoms with E-state index in [-0.39, 0.29) is 29.2 Å². The number of morpholine rings is 1. The highest BCUT2D eigenvalue weighted by Gasteiger charge is 2.46. The van der Waals surface area contributed by atoms with Crippen LogP contribution in [0.2, 0.25) is 0 Å². The van der Waals surface area contributed by atoms with E-state index in [4.69, 9.17) is 9.47 Å². The van der Waals surface area contributed by atoms with Gasteiger partial charge >= 0.3 is 0 Å². The molecule has 2 N–H and O–H groups in total. The molecule has 2 saturated heterocycles. The number of phenols is 1. The molecule has 35 heavy (non-hydrogen) atoms. The number of hydrogen-bond acceptors (Lipinski definition) is 7. The molecule has 0 spiro atoms. The van der Waals surface area contributed by atoms with Crippen molar-refractivity contribution in [3.05, 3.63) is 64.5 Å². The van der Waals surface area contributed by atoms with Gasteiger partial charge in [0.05, 0.1) is 31.9 Å². The van der Waals surface area contributed by atoms with Crippen LogP contribution in [0.1, 0.15) is 29.2 Å². The number of halogens is 1. The fourth-order valence-electron chi connectivity index (χ4n) is 4.51. The van der Waals surface area contributed by atoms with Crippen LogP contribution in [0.3, 0.4) is 0 Å². The van der Waals surface area contributed by atoms with Gasteiger partial charge in [0.2, 0.25) is 0 Å². The zero-order chi connectivity index (χ0) is 25.1. The van der Waals surface area contributed by atoms with E-state index in [1.807, 2.05) is 0 Å². The van der Waals surface area contributed by atoms with Gasteiger partial charge in [-0.1, -0.05) is 18.2 Å². The maximum atomic E-state index is 14.2. The summed E-state index contributed by atoms with van der Waals surface area (Å²) in [4.78, 5) is 29.9. The highest BCUT2D eigenvalue weighted by molar-refractivity contribution is 6.46. The molecule has 186 valence electrons. The third-order valence-corrected chi connectivity index (χ3v) is 6.48. The number of Topliss-reactive ketones (excluding diaryl/α,β-unsaturated/α-hetero) is 1. The number of rotatable bonds is 7. The van der Waals surface area contributed by atoms with E-state index >= 15 is 0 Å². The van der Waals surface area contributed by atoms with Crippen molar-refractivity contribution in [2.75, 3.05) is 46.5 Å². The molecule has 2 heterocycles. The van der Waals surface area contributed by atoms with Crippen molar-refractivity contribution < 1.29 is 33.7 Å². The van der Waals surface area contributed by atoms with E-state index < -0.39 is 29.3 Å². The minimum absolute atomic E-state index is 0.0962. The average molecular weight is 485 g/mol. The highest BCUT2D eigenvalue weighted by Crippen LogP contribution is 2.42. The smallest absolute Gasteiger partial charge is 0.295 e. The summed E-state index contributed by atoms with van der Waals surface area (Å²) in [5.74, 6) is -2.49. The number of aryl methyl sites for hydroxylation is 1. The second kappa shape index (κ2) is 10.5. The van der Waals surface area contributed by atoms with E-state index in [2.05, 4.69) is 4.90 Å². The Kier molecular flexibility index (Phi) is 7.37. The number of aromatic hydroxyl groups is 1. The zero-order valence-corrected chi connectivity index (χ0v) is 19.8. The van der Waals surface area contributed by atoms with Crippen LogP contribution in [0.15, 0.2) is 42.0 Å². The number of hydrogen-bond donors (Lipinski definition) is 2. The minimum Gasteiger partial charge on any atom is -0.507 e. The summed E-state index contributed by atoms with van der Waals surface area (Å²) < 4.78 is 24.8. The molecular formula is C26H29FN2O6. The lowest BCUT2D eigenvalue weighted by Gasteiger charge is -2.29. The fourth-order valence-corrected chi connectivity index (χ4v) is 4.51. The first kappa shape index (κ1) is 24.7. The molecule has 2 aliphatic heterocycles. The Morgan fingerprint density at radius 3 is 2.57 bits per heavy atom. The number of ether oxygens (including phenoxy) is 2. The summed E-state index contributed by atoms with van der Waals surface area (Å²) >= 11 is 0. The number of nitrogens with zero attached hydrogens (tertiary/aromatic N) is 2. The number of phenolic OH excluding ortho intramolecular Hbond substituents is 1. The molecule has 1 amide bonds. The van der Waals surface area contributed by atoms with Gasteiger partial charge in [0.1, 0.15) is 11.6 Å². The fraction of sp³-hybridized carbons (Fsp3) is 0.385. The molecule has 0 bridgehead atoms. The summed E-state index contributed by atoms with van der Waals surface area (Å²) in [6, 6.07) is 7.75. The van der Waals surface area contributed by atoms with Crippen LogP contribution in [0.4, 0.5) is 4.39 Å². The Morgan fingerprint density at radius 1 is 1.14 bits per heavy atom. The molecule has 2 fully saturated rings. The van der Waals surface area contributed by atoms with Crippen molar-refractivity contribution >= 4 is 17.4 Å². The normalized spacial score (nSPS) is 20.4. The lowest BCUT2D eigenvalue weighted by molar-refractivity contribution is -0.140. The first-order chi connectivity index (χ1) is 16.8. The molecule has 0 unspecified atom stereocenters. The van der Waals surface area contributed by atoms with E-state index in [0.717, 1.165) is 25.7 Å². The lowest BCUT2D eigenvalue weighted by Crippen LogP contribution is -2.38. The van der Waals surface area contributed by atoms with Gasteiger partial charge in [0.25, 0.3) is 11.7 Å². The minimum atomic E-state index is -0.918. The number of likely N-dealkylation sites (tertiary alicyclic amines) is 1. The molecule has 2 aromatic rings. The number of amides is 1. The topological polar surface area (TPSA) is 99.5 Å². The van der Waals surface area contributed by atoms with Gasteiger partial charge in [-0.3, -0.25) is 14.5 Å². The SMILES string of the molecule is COc1cc([C@H]2C(=C(O)c3ccc(C)c(F)c3)C(=O)C(=O)N2CCCN2CCOCC2)ccc1O. The van der Waals surface area contributed by atoms with Gasteiger partial charge in [-0.2, -0.15) is 0 Å². The van der Waals surface area contributed by atoms with Crippen LogP contribution in [0.5, 0.6) is 11.5 Å². The van der Waals surface area contributed by atoms with Crippen molar-refractivity contribution in [3.63, 3.8) is 0 Å². The monoisotopic (exact) mass is 484 g/mol. The van der Waals surface area contributed by atoms with Crippen molar-refractivity contribution in [1.82, 2.24) is 9.80 Å². The zero-order valence-electron chi connectivity index (χ0n) is 19.8. The Morgan fingerprint density at radius 2 is 1.89 bits per heavy atom. The maximum Gasteiger partial charge on any atom is 0.295 e. The third kappa shape index (κ3) is 5.01. The Hall–Kier alpha value is -3.43. The molecule has 8 nitrogen and oxygen atoms in total. The van der Waals surface area contributed by atoms with Gasteiger partial charge in [0, 0.05) is 31.7 Å². The molecule has 2 aromatic carbocycles. The average Bonchev–Trinajstić information content (AvgIpc) is 3.11. The summed E-state index contributed by atoms with van der Waals surface area (Å²) in [7, 11) is 1.40. The number of benzene rings is 2. The number of carbonyl (C=O) groups is 2. The molecule has 1 atom stereocenters. The summed E-state index contributed by atoms with van der Waals surface area (Å²) in [6.07, 6.45) is 0.609. The van der Waals surface area contributed by atoms with E-state index in [1.54, 1.807) is 13.0 Å². The van der Waals surface area contributed by atoms with Gasteiger partial charge in [-0.25, -0.2) is 4.39 Å². The Labute approximate surface area is 203 Å². The molecule has 9 heteroatoms. The predicted molar refractivity (Wildman–Crippen MR) is 127 cm³/mol. The van der Waals surface area contributed by atoms with Crippen molar-refractivity contribution in [3.8, 4) is 11.5 Å². The third-order valence-electron chi connectivity index (χ3n) is 6.48. The summed E-state index contributed by atoms with van der Waals surface area (Å²) in [5, 5.41) is 21.1. The standard InChI is InChI=1S/C26H29FN2O6/c1-16-4-5-18(14-19(16)27)24(31)22-23(17-6-7-20(30)21(15-17)34-2)29(26(33)25(22)32)9-3-8-28-10-12-35-13-11-28/h4-7,14-15,23,30-31H,3,8-13H2,1-2H3/t23-/m0/s1. The molecule has 0 saturated carbocycles. The number of ketones is 1. The second-order valence-corrected chi connectivity index (χ2v) is 8.70. The molecule has 4 rings (SSSR count). The van der Waals surface area contributed by atoms with Crippen LogP contribution >= 0.6 is 0 Å². The van der Waals surface area contributed by atoms with Crippen molar-refractivity contribution in [2.24, 2.45) is 0 Å². The predicted octanol–water partition coefficient (Wildman–Crippen LogP) is 2.99. The van der Waals surface area contributed by atoms with Crippen LogP contribution in [0, 0.1) is 12.7 Å². The number of aliphatic hydroxyl groups is 1. The van der Waals surface area contributed by atoms with Crippen LogP contribution < -0.4 is 4.74 Å². The molecule has 0 aliphatic carbocycles. The van der Waals surface area contributed by atoms with Crippen LogP contribution in [-0.2, 0) is 14.3 Å². The van der Waals surface area contributed by atoms with E-state index in [9.17, 15) is 24.2 Å². The largest absolute Gasteiger partial charge is 0.507 e. The number of methoxy groups -OCH3 is 1. The van der Waals surface area contributed by atoms with Crippen molar-refractivity contribution in [2.45, 2.75) is 19.4 Å². The first-order valence-corrected chi connectivity index (χ1v) is 11.5. The quantitative estimate of drug-likeness (QED) is 0.354. The van der Waals surface area contributed by atoms with Gasteiger partial charge in [-0.05, 0) is 42.7 Å². The second-order valence-electron chi connectivity index (χ2n) is 8.70. The molecule has 0 radical (unpaired) electrons. The number of aliphatic hydroxyl groups excluding tert-OH is 1. The van der Waals surface area contributed by atoms with Crippen LogP contribution in [0.25, 0.3) is 5.76 Å². The van der Waals surface area contributed by atoms with Gasteiger partial charge in [0.15, 0.2) is 11.5 Å². The van der Waals surface area contributed by atoms with Crippen molar-refractivity contribution in [1.29, 1.82) is 0 Å². The molecular weight excluding hydrogens is 455 g/mol. The first-order valence-electron chi connectivity index (χ1n) is 11.5. The van der Waals surface area contributed by atoms with Gasteiger partial charge in [-0.15, -0.1) is 0 Å².